The zero-order valence-corrected chi connectivity index (χ0v) is 12.4. The molecule has 0 fully saturated rings. The van der Waals surface area contributed by atoms with E-state index < -0.39 is 0 Å². The summed E-state index contributed by atoms with van der Waals surface area (Å²) in [5, 5.41) is 12.7. The van der Waals surface area contributed by atoms with Crippen LogP contribution in [0.5, 0.6) is 5.75 Å². The van der Waals surface area contributed by atoms with Gasteiger partial charge in [0.25, 0.3) is 0 Å². The number of aromatic hydroxyl groups is 1. The van der Waals surface area contributed by atoms with Crippen LogP contribution in [0.2, 0.25) is 0 Å². The predicted octanol–water partition coefficient (Wildman–Crippen LogP) is 4.04. The Morgan fingerprint density at radius 3 is 2.56 bits per heavy atom. The van der Waals surface area contributed by atoms with Crippen LogP contribution in [0.25, 0.3) is 0 Å². The summed E-state index contributed by atoms with van der Waals surface area (Å²) in [5.41, 5.74) is 2.37. The van der Waals surface area contributed by atoms with Gasteiger partial charge >= 0.3 is 0 Å². The Morgan fingerprint density at radius 1 is 1.17 bits per heavy atom. The van der Waals surface area contributed by atoms with Crippen LogP contribution in [0.15, 0.2) is 48.5 Å². The lowest BCUT2D eigenvalue weighted by Gasteiger charge is -2.15. The van der Waals surface area contributed by atoms with Crippen LogP contribution in [-0.2, 0) is 6.42 Å². The van der Waals surface area contributed by atoms with Gasteiger partial charge < -0.3 is 10.4 Å². The van der Waals surface area contributed by atoms with Gasteiger partial charge in [0, 0.05) is 15.3 Å². The van der Waals surface area contributed by atoms with Crippen molar-refractivity contribution in [2.45, 2.75) is 19.4 Å². The molecule has 2 nitrogen and oxygen atoms in total. The molecule has 0 saturated carbocycles. The van der Waals surface area contributed by atoms with Crippen molar-refractivity contribution in [3.05, 3.63) is 57.7 Å². The first-order chi connectivity index (χ1) is 8.63. The van der Waals surface area contributed by atoms with Crippen LogP contribution in [0, 0.1) is 3.57 Å². The quantitative estimate of drug-likeness (QED) is 0.814. The Labute approximate surface area is 121 Å². The molecule has 0 radical (unpaired) electrons. The van der Waals surface area contributed by atoms with Gasteiger partial charge in [0.15, 0.2) is 0 Å². The van der Waals surface area contributed by atoms with Gasteiger partial charge in [-0.3, -0.25) is 0 Å². The van der Waals surface area contributed by atoms with E-state index in [9.17, 15) is 5.11 Å². The monoisotopic (exact) mass is 353 g/mol. The fourth-order valence-corrected chi connectivity index (χ4v) is 2.44. The number of rotatable bonds is 4. The molecule has 0 bridgehead atoms. The Kier molecular flexibility index (Phi) is 4.47. The zero-order valence-electron chi connectivity index (χ0n) is 10.2. The van der Waals surface area contributed by atoms with E-state index in [1.807, 2.05) is 12.1 Å². The summed E-state index contributed by atoms with van der Waals surface area (Å²) >= 11 is 2.31. The SMILES string of the molecule is CC(Cc1ccc(O)cc1)Nc1cccc(I)c1. The lowest BCUT2D eigenvalue weighted by atomic mass is 10.1. The van der Waals surface area contributed by atoms with Gasteiger partial charge in [-0.1, -0.05) is 18.2 Å². The topological polar surface area (TPSA) is 32.3 Å². The molecule has 2 rings (SSSR count). The largest absolute Gasteiger partial charge is 0.508 e. The van der Waals surface area contributed by atoms with E-state index in [2.05, 4.69) is 59.1 Å². The Bertz CT molecular complexity index is 510. The van der Waals surface area contributed by atoms with Gasteiger partial charge in [-0.05, 0) is 71.8 Å². The minimum absolute atomic E-state index is 0.317. The molecule has 0 spiro atoms. The minimum Gasteiger partial charge on any atom is -0.508 e. The average Bonchev–Trinajstić information content (AvgIpc) is 2.32. The van der Waals surface area contributed by atoms with Crippen molar-refractivity contribution < 1.29 is 5.11 Å². The smallest absolute Gasteiger partial charge is 0.115 e. The van der Waals surface area contributed by atoms with E-state index in [-0.39, 0.29) is 0 Å². The number of hydrogen-bond acceptors (Lipinski definition) is 2. The molecular formula is C15H16INO. The number of benzene rings is 2. The summed E-state index contributed by atoms with van der Waals surface area (Å²) in [6.45, 7) is 2.16. The van der Waals surface area contributed by atoms with Gasteiger partial charge in [0.1, 0.15) is 5.75 Å². The first kappa shape index (κ1) is 13.2. The molecule has 2 aromatic carbocycles. The predicted molar refractivity (Wildman–Crippen MR) is 84.1 cm³/mol. The van der Waals surface area contributed by atoms with Crippen molar-refractivity contribution in [3.63, 3.8) is 0 Å². The second kappa shape index (κ2) is 6.09. The lowest BCUT2D eigenvalue weighted by Crippen LogP contribution is -2.17. The number of anilines is 1. The molecule has 0 aliphatic carbocycles. The maximum Gasteiger partial charge on any atom is 0.115 e. The van der Waals surface area contributed by atoms with E-state index in [1.54, 1.807) is 12.1 Å². The molecule has 2 aromatic rings. The van der Waals surface area contributed by atoms with Gasteiger partial charge in [-0.25, -0.2) is 0 Å². The average molecular weight is 353 g/mol. The molecule has 0 heterocycles. The van der Waals surface area contributed by atoms with Gasteiger partial charge in [-0.2, -0.15) is 0 Å². The minimum atomic E-state index is 0.317. The number of phenolic OH excluding ortho intramolecular Hbond substituents is 1. The van der Waals surface area contributed by atoms with Crippen molar-refractivity contribution >= 4 is 28.3 Å². The maximum absolute atomic E-state index is 9.24. The molecule has 0 aliphatic rings. The molecule has 0 saturated heterocycles. The molecule has 3 heteroatoms. The fourth-order valence-electron chi connectivity index (χ4n) is 1.90. The molecule has 0 aliphatic heterocycles. The second-order valence-corrected chi connectivity index (χ2v) is 5.67. The lowest BCUT2D eigenvalue weighted by molar-refractivity contribution is 0.475. The highest BCUT2D eigenvalue weighted by Gasteiger charge is 2.04. The third-order valence-electron chi connectivity index (χ3n) is 2.72. The van der Waals surface area contributed by atoms with E-state index in [1.165, 1.54) is 9.13 Å². The van der Waals surface area contributed by atoms with Gasteiger partial charge in [0.2, 0.25) is 0 Å². The third kappa shape index (κ3) is 3.91. The van der Waals surface area contributed by atoms with Crippen LogP contribution in [-0.4, -0.2) is 11.1 Å². The van der Waals surface area contributed by atoms with Crippen LogP contribution in [0.1, 0.15) is 12.5 Å². The van der Waals surface area contributed by atoms with Crippen LogP contribution in [0.4, 0.5) is 5.69 Å². The number of halogens is 1. The fraction of sp³-hybridized carbons (Fsp3) is 0.200. The summed E-state index contributed by atoms with van der Waals surface area (Å²) in [7, 11) is 0. The molecule has 0 amide bonds. The molecule has 94 valence electrons. The second-order valence-electron chi connectivity index (χ2n) is 4.43. The van der Waals surface area contributed by atoms with Crippen molar-refractivity contribution in [3.8, 4) is 5.75 Å². The van der Waals surface area contributed by atoms with Crippen LogP contribution in [0.3, 0.4) is 0 Å². The zero-order chi connectivity index (χ0) is 13.0. The highest BCUT2D eigenvalue weighted by Crippen LogP contribution is 2.16. The van der Waals surface area contributed by atoms with E-state index in [0.29, 0.717) is 11.8 Å². The number of hydrogen-bond donors (Lipinski definition) is 2. The first-order valence-corrected chi connectivity index (χ1v) is 7.01. The number of phenols is 1. The normalized spacial score (nSPS) is 12.1. The van der Waals surface area contributed by atoms with Crippen LogP contribution >= 0.6 is 22.6 Å². The molecule has 1 atom stereocenters. The molecule has 2 N–H and O–H groups in total. The van der Waals surface area contributed by atoms with Crippen LogP contribution < -0.4 is 5.32 Å². The Hall–Kier alpha value is -1.23. The Balaban J connectivity index is 1.96. The molecular weight excluding hydrogens is 337 g/mol. The molecule has 18 heavy (non-hydrogen) atoms. The summed E-state index contributed by atoms with van der Waals surface area (Å²) < 4.78 is 1.23. The summed E-state index contributed by atoms with van der Waals surface area (Å²) in [5.74, 6) is 0.317. The Morgan fingerprint density at radius 2 is 1.89 bits per heavy atom. The van der Waals surface area contributed by atoms with Gasteiger partial charge in [-0.15, -0.1) is 0 Å². The van der Waals surface area contributed by atoms with Crippen molar-refractivity contribution in [2.75, 3.05) is 5.32 Å². The third-order valence-corrected chi connectivity index (χ3v) is 3.39. The molecule has 1 unspecified atom stereocenters. The highest BCUT2D eigenvalue weighted by atomic mass is 127. The van der Waals surface area contributed by atoms with E-state index in [4.69, 9.17) is 0 Å². The standard InChI is InChI=1S/C15H16INO/c1-11(9-12-5-7-15(18)8-6-12)17-14-4-2-3-13(16)10-14/h2-8,10-11,17-18H,9H2,1H3. The maximum atomic E-state index is 9.24. The molecule has 0 aromatic heterocycles. The van der Waals surface area contributed by atoms with Crippen molar-refractivity contribution in [1.29, 1.82) is 0 Å². The summed E-state index contributed by atoms with van der Waals surface area (Å²) in [6.07, 6.45) is 0.936. The number of nitrogens with one attached hydrogen (secondary N) is 1. The van der Waals surface area contributed by atoms with Crippen molar-refractivity contribution in [1.82, 2.24) is 0 Å². The first-order valence-electron chi connectivity index (χ1n) is 5.93. The van der Waals surface area contributed by atoms with Gasteiger partial charge in [0.05, 0.1) is 0 Å². The van der Waals surface area contributed by atoms with E-state index in [0.717, 1.165) is 12.1 Å². The highest BCUT2D eigenvalue weighted by molar-refractivity contribution is 14.1. The summed E-state index contributed by atoms with van der Waals surface area (Å²) in [4.78, 5) is 0. The van der Waals surface area contributed by atoms with E-state index >= 15 is 0 Å². The summed E-state index contributed by atoms with van der Waals surface area (Å²) in [6, 6.07) is 16.1. The van der Waals surface area contributed by atoms with Crippen molar-refractivity contribution in [2.24, 2.45) is 0 Å².